The van der Waals surface area contributed by atoms with E-state index in [2.05, 4.69) is 26.8 Å². The van der Waals surface area contributed by atoms with E-state index in [1.165, 1.54) is 10.9 Å². The predicted octanol–water partition coefficient (Wildman–Crippen LogP) is -1.47. The van der Waals surface area contributed by atoms with Crippen molar-refractivity contribution in [3.8, 4) is 11.8 Å². The second kappa shape index (κ2) is 7.94. The van der Waals surface area contributed by atoms with Crippen LogP contribution in [0.2, 0.25) is 0 Å². The van der Waals surface area contributed by atoms with Crippen LogP contribution in [-0.2, 0) is 4.74 Å². The van der Waals surface area contributed by atoms with Crippen LogP contribution in [0.5, 0.6) is 0 Å². The summed E-state index contributed by atoms with van der Waals surface area (Å²) in [5.74, 6) is 6.07. The molecular weight excluding hydrogens is 342 g/mol. The Kier molecular flexibility index (Phi) is 5.65. The zero-order chi connectivity index (χ0) is 18.7. The molecular formula is C16H21N5O5. The first-order chi connectivity index (χ1) is 12.6. The van der Waals surface area contributed by atoms with Crippen molar-refractivity contribution in [3.05, 3.63) is 12.2 Å². The number of nitrogen functional groups attached to an aromatic ring is 1. The van der Waals surface area contributed by atoms with Crippen LogP contribution < -0.4 is 5.73 Å². The highest BCUT2D eigenvalue weighted by Crippen LogP contribution is 2.31. The van der Waals surface area contributed by atoms with E-state index in [9.17, 15) is 15.3 Å². The van der Waals surface area contributed by atoms with Gasteiger partial charge in [-0.25, -0.2) is 15.0 Å². The molecule has 1 aliphatic heterocycles. The summed E-state index contributed by atoms with van der Waals surface area (Å²) in [6.45, 7) is -0.302. The topological polar surface area (TPSA) is 160 Å². The van der Waals surface area contributed by atoms with Crippen LogP contribution in [0.3, 0.4) is 0 Å². The molecule has 0 aromatic carbocycles. The van der Waals surface area contributed by atoms with Gasteiger partial charge in [0.05, 0.1) is 12.9 Å². The minimum absolute atomic E-state index is 0.126. The number of anilines is 1. The number of fused-ring (bicyclic) bond motifs is 1. The fourth-order valence-electron chi connectivity index (χ4n) is 2.76. The second-order valence-electron chi connectivity index (χ2n) is 5.97. The highest BCUT2D eigenvalue weighted by molar-refractivity contribution is 5.82. The highest BCUT2D eigenvalue weighted by Gasteiger charge is 2.44. The maximum absolute atomic E-state index is 10.2. The fraction of sp³-hybridized carbons (Fsp3) is 0.562. The third kappa shape index (κ3) is 3.48. The molecule has 2 aromatic rings. The molecule has 26 heavy (non-hydrogen) atoms. The molecule has 0 saturated carbocycles. The number of nitrogens with two attached hydrogens (primary N) is 1. The number of aliphatic hydroxyl groups is 4. The van der Waals surface area contributed by atoms with E-state index in [1.54, 1.807) is 0 Å². The van der Waals surface area contributed by atoms with Crippen LogP contribution in [0, 0.1) is 11.8 Å². The molecule has 0 bridgehead atoms. The van der Waals surface area contributed by atoms with Crippen molar-refractivity contribution in [3.63, 3.8) is 0 Å². The molecule has 10 nitrogen and oxygen atoms in total. The molecule has 0 radical (unpaired) electrons. The molecule has 1 aliphatic rings. The largest absolute Gasteiger partial charge is 0.396 e. The number of hydrogen-bond donors (Lipinski definition) is 5. The SMILES string of the molecule is Nc1nc(C#CCCCCO)nc2c1ncn2[C@@H]1O[C@H](CO)[C@@H](O)[C@H]1O. The maximum atomic E-state index is 10.2. The Morgan fingerprint density at radius 1 is 1.19 bits per heavy atom. The van der Waals surface area contributed by atoms with E-state index < -0.39 is 31.1 Å². The summed E-state index contributed by atoms with van der Waals surface area (Å²) < 4.78 is 6.94. The van der Waals surface area contributed by atoms with Gasteiger partial charge in [0.15, 0.2) is 17.7 Å². The van der Waals surface area contributed by atoms with E-state index in [-0.39, 0.29) is 18.2 Å². The van der Waals surface area contributed by atoms with Gasteiger partial charge >= 0.3 is 0 Å². The van der Waals surface area contributed by atoms with E-state index in [4.69, 9.17) is 15.6 Å². The van der Waals surface area contributed by atoms with E-state index in [0.717, 1.165) is 6.42 Å². The van der Waals surface area contributed by atoms with Crippen molar-refractivity contribution in [1.82, 2.24) is 19.5 Å². The van der Waals surface area contributed by atoms with Crippen LogP contribution in [0.25, 0.3) is 11.2 Å². The van der Waals surface area contributed by atoms with Crippen molar-refractivity contribution in [2.75, 3.05) is 18.9 Å². The zero-order valence-electron chi connectivity index (χ0n) is 14.0. The molecule has 1 saturated heterocycles. The Morgan fingerprint density at radius 2 is 2.00 bits per heavy atom. The summed E-state index contributed by atoms with van der Waals surface area (Å²) in [6.07, 6.45) is -0.939. The minimum Gasteiger partial charge on any atom is -0.396 e. The first-order valence-corrected chi connectivity index (χ1v) is 8.29. The van der Waals surface area contributed by atoms with Gasteiger partial charge in [-0.2, -0.15) is 0 Å². The molecule has 0 unspecified atom stereocenters. The van der Waals surface area contributed by atoms with E-state index in [0.29, 0.717) is 24.0 Å². The van der Waals surface area contributed by atoms with Crippen molar-refractivity contribution >= 4 is 17.0 Å². The Balaban J connectivity index is 1.91. The number of rotatable bonds is 5. The van der Waals surface area contributed by atoms with Crippen LogP contribution in [0.1, 0.15) is 31.3 Å². The van der Waals surface area contributed by atoms with Crippen molar-refractivity contribution in [2.24, 2.45) is 0 Å². The summed E-state index contributed by atoms with van der Waals surface area (Å²) in [7, 11) is 0. The van der Waals surface area contributed by atoms with Gasteiger partial charge in [-0.1, -0.05) is 5.92 Å². The third-order valence-electron chi connectivity index (χ3n) is 4.15. The van der Waals surface area contributed by atoms with Crippen molar-refractivity contribution in [1.29, 1.82) is 0 Å². The molecule has 0 aliphatic carbocycles. The van der Waals surface area contributed by atoms with Crippen LogP contribution in [0.15, 0.2) is 6.33 Å². The molecule has 4 atom stereocenters. The molecule has 1 fully saturated rings. The Hall–Kier alpha value is -2.29. The average Bonchev–Trinajstić information content (AvgIpc) is 3.17. The Morgan fingerprint density at radius 3 is 2.69 bits per heavy atom. The molecule has 2 aromatic heterocycles. The number of unbranched alkanes of at least 4 members (excludes halogenated alkanes) is 2. The van der Waals surface area contributed by atoms with Gasteiger partial charge in [-0.05, 0) is 18.8 Å². The highest BCUT2D eigenvalue weighted by atomic mass is 16.6. The molecule has 6 N–H and O–H groups in total. The fourth-order valence-corrected chi connectivity index (χ4v) is 2.76. The number of hydrogen-bond acceptors (Lipinski definition) is 9. The molecule has 3 heterocycles. The summed E-state index contributed by atoms with van der Waals surface area (Å²) in [4.78, 5) is 12.6. The molecule has 140 valence electrons. The van der Waals surface area contributed by atoms with Gasteiger partial charge in [0.1, 0.15) is 23.8 Å². The Bertz CT molecular complexity index is 830. The van der Waals surface area contributed by atoms with Crippen molar-refractivity contribution < 1.29 is 25.2 Å². The van der Waals surface area contributed by atoms with Crippen LogP contribution in [-0.4, -0.2) is 71.5 Å². The van der Waals surface area contributed by atoms with Crippen LogP contribution in [0.4, 0.5) is 5.82 Å². The maximum Gasteiger partial charge on any atom is 0.208 e. The van der Waals surface area contributed by atoms with Crippen molar-refractivity contribution in [2.45, 2.75) is 43.8 Å². The molecule has 3 rings (SSSR count). The van der Waals surface area contributed by atoms with Crippen LogP contribution >= 0.6 is 0 Å². The number of aliphatic hydroxyl groups excluding tert-OH is 4. The van der Waals surface area contributed by atoms with E-state index >= 15 is 0 Å². The lowest BCUT2D eigenvalue weighted by molar-refractivity contribution is -0.0511. The minimum atomic E-state index is -1.26. The number of aromatic nitrogens is 4. The molecule has 10 heteroatoms. The lowest BCUT2D eigenvalue weighted by Gasteiger charge is -2.16. The second-order valence-corrected chi connectivity index (χ2v) is 5.97. The lowest BCUT2D eigenvalue weighted by Crippen LogP contribution is -2.33. The third-order valence-corrected chi connectivity index (χ3v) is 4.15. The summed E-state index contributed by atoms with van der Waals surface area (Å²) >= 11 is 0. The normalized spacial score (nSPS) is 25.4. The Labute approximate surface area is 149 Å². The standard InChI is InChI=1S/C16H21N5O5/c17-14-11-15(20-10(19-14)5-3-1-2-4-6-22)21(8-18-11)16-13(25)12(24)9(7-23)26-16/h8-9,12-13,16,22-25H,1-2,4,6-7H2,(H2,17,19,20)/t9-,12-,13-,16-/m1/s1. The monoisotopic (exact) mass is 363 g/mol. The lowest BCUT2D eigenvalue weighted by atomic mass is 10.1. The number of imidazole rings is 1. The van der Waals surface area contributed by atoms with Gasteiger partial charge in [0, 0.05) is 13.0 Å². The molecule has 0 spiro atoms. The summed E-state index contributed by atoms with van der Waals surface area (Å²) in [6, 6.07) is 0. The molecule has 0 amide bonds. The smallest absolute Gasteiger partial charge is 0.208 e. The average molecular weight is 363 g/mol. The summed E-state index contributed by atoms with van der Waals surface area (Å²) in [5.41, 5.74) is 6.56. The van der Waals surface area contributed by atoms with E-state index in [1.807, 2.05) is 0 Å². The zero-order valence-corrected chi connectivity index (χ0v) is 14.0. The van der Waals surface area contributed by atoms with Gasteiger partial charge < -0.3 is 30.9 Å². The quantitative estimate of drug-likeness (QED) is 0.316. The number of nitrogens with zero attached hydrogens (tertiary/aromatic N) is 4. The predicted molar refractivity (Wildman–Crippen MR) is 90.6 cm³/mol. The first kappa shape index (κ1) is 18.5. The summed E-state index contributed by atoms with van der Waals surface area (Å²) in [5, 5.41) is 38.1. The van der Waals surface area contributed by atoms with Gasteiger partial charge in [-0.3, -0.25) is 4.57 Å². The van der Waals surface area contributed by atoms with Gasteiger partial charge in [0.2, 0.25) is 5.82 Å². The van der Waals surface area contributed by atoms with Gasteiger partial charge in [-0.15, -0.1) is 0 Å². The number of ether oxygens (including phenoxy) is 1. The first-order valence-electron chi connectivity index (χ1n) is 8.29. The van der Waals surface area contributed by atoms with Gasteiger partial charge in [0.25, 0.3) is 0 Å².